The van der Waals surface area contributed by atoms with Gasteiger partial charge in [-0.15, -0.1) is 0 Å². The van der Waals surface area contributed by atoms with Gasteiger partial charge < -0.3 is 5.32 Å². The number of benzene rings is 3. The minimum absolute atomic E-state index is 0.237. The topological polar surface area (TPSA) is 66.5 Å². The number of fused-ring (bicyclic) bond motifs is 1. The van der Waals surface area contributed by atoms with E-state index in [4.69, 9.17) is 0 Å². The number of halogens is 1. The summed E-state index contributed by atoms with van der Waals surface area (Å²) in [6.45, 7) is 1.22. The fourth-order valence-corrected chi connectivity index (χ4v) is 3.41. The first kappa shape index (κ1) is 17.9. The van der Waals surface area contributed by atoms with Crippen molar-refractivity contribution in [3.63, 3.8) is 0 Å². The minimum Gasteiger partial charge on any atom is -0.319 e. The third-order valence-electron chi connectivity index (χ3n) is 5.07. The lowest BCUT2D eigenvalue weighted by Crippen LogP contribution is -2.41. The first-order valence-corrected chi connectivity index (χ1v) is 8.81. The number of amides is 3. The van der Waals surface area contributed by atoms with Gasteiger partial charge in [-0.25, -0.2) is 9.18 Å². The molecule has 1 heterocycles. The predicted octanol–water partition coefficient (Wildman–Crippen LogP) is 3.63. The molecule has 0 saturated carbocycles. The summed E-state index contributed by atoms with van der Waals surface area (Å²) in [4.78, 5) is 38.8. The van der Waals surface area contributed by atoms with E-state index in [0.717, 1.165) is 27.8 Å². The van der Waals surface area contributed by atoms with Crippen LogP contribution in [0.5, 0.6) is 0 Å². The number of imide groups is 1. The van der Waals surface area contributed by atoms with Gasteiger partial charge in [-0.3, -0.25) is 14.5 Å². The molecule has 0 bridgehead atoms. The van der Waals surface area contributed by atoms with Crippen molar-refractivity contribution < 1.29 is 18.8 Å². The molecule has 1 aliphatic rings. The summed E-state index contributed by atoms with van der Waals surface area (Å²) in [6, 6.07) is 17.6. The average molecular weight is 376 g/mol. The van der Waals surface area contributed by atoms with Crippen molar-refractivity contribution in [2.45, 2.75) is 12.5 Å². The van der Waals surface area contributed by atoms with Gasteiger partial charge in [0, 0.05) is 5.56 Å². The van der Waals surface area contributed by atoms with E-state index < -0.39 is 35.6 Å². The fourth-order valence-electron chi connectivity index (χ4n) is 3.41. The molecule has 1 unspecified atom stereocenters. The van der Waals surface area contributed by atoms with Crippen LogP contribution in [0.25, 0.3) is 10.8 Å². The van der Waals surface area contributed by atoms with Gasteiger partial charge in [-0.05, 0) is 53.6 Å². The molecule has 1 N–H and O–H groups in total. The van der Waals surface area contributed by atoms with Gasteiger partial charge in [0.1, 0.15) is 11.4 Å². The molecule has 1 atom stereocenters. The lowest BCUT2D eigenvalue weighted by atomic mass is 9.90. The smallest absolute Gasteiger partial charge is 0.319 e. The molecule has 5 nitrogen and oxygen atoms in total. The van der Waals surface area contributed by atoms with E-state index in [2.05, 4.69) is 5.32 Å². The molecule has 1 saturated heterocycles. The van der Waals surface area contributed by atoms with Gasteiger partial charge in [0.2, 0.25) is 0 Å². The number of hydrogen-bond acceptors (Lipinski definition) is 3. The Morgan fingerprint density at radius 1 is 1.00 bits per heavy atom. The van der Waals surface area contributed by atoms with Crippen LogP contribution in [0.1, 0.15) is 22.8 Å². The van der Waals surface area contributed by atoms with Crippen LogP contribution in [0.4, 0.5) is 9.18 Å². The molecule has 1 aliphatic heterocycles. The molecule has 3 amide bonds. The molecule has 0 aliphatic carbocycles. The Labute approximate surface area is 160 Å². The summed E-state index contributed by atoms with van der Waals surface area (Å²) in [5.41, 5.74) is -0.382. The van der Waals surface area contributed by atoms with Crippen molar-refractivity contribution in [3.05, 3.63) is 83.7 Å². The zero-order valence-corrected chi connectivity index (χ0v) is 15.1. The highest BCUT2D eigenvalue weighted by Crippen LogP contribution is 2.31. The van der Waals surface area contributed by atoms with Crippen LogP contribution in [-0.2, 0) is 10.3 Å². The van der Waals surface area contributed by atoms with Gasteiger partial charge in [0.05, 0.1) is 6.54 Å². The summed E-state index contributed by atoms with van der Waals surface area (Å²) < 4.78 is 13.0. The van der Waals surface area contributed by atoms with E-state index in [-0.39, 0.29) is 5.56 Å². The predicted molar refractivity (Wildman–Crippen MR) is 102 cm³/mol. The fraction of sp³-hybridized carbons (Fsp3) is 0.136. The molecule has 6 heteroatoms. The molecule has 0 radical (unpaired) electrons. The Morgan fingerprint density at radius 2 is 1.68 bits per heavy atom. The number of urea groups is 1. The quantitative estimate of drug-likeness (QED) is 0.559. The van der Waals surface area contributed by atoms with Crippen molar-refractivity contribution in [2.24, 2.45) is 0 Å². The zero-order valence-electron chi connectivity index (χ0n) is 15.1. The molecule has 4 rings (SSSR count). The average Bonchev–Trinajstić information content (AvgIpc) is 2.92. The van der Waals surface area contributed by atoms with Gasteiger partial charge in [-0.1, -0.05) is 36.4 Å². The molecule has 1 fully saturated rings. The van der Waals surface area contributed by atoms with Crippen LogP contribution in [0.2, 0.25) is 0 Å². The van der Waals surface area contributed by atoms with E-state index in [1.807, 2.05) is 36.4 Å². The van der Waals surface area contributed by atoms with Crippen LogP contribution in [-0.4, -0.2) is 29.2 Å². The van der Waals surface area contributed by atoms with E-state index in [9.17, 15) is 18.8 Å². The van der Waals surface area contributed by atoms with Crippen molar-refractivity contribution in [1.29, 1.82) is 0 Å². The van der Waals surface area contributed by atoms with Crippen molar-refractivity contribution in [1.82, 2.24) is 10.2 Å². The largest absolute Gasteiger partial charge is 0.325 e. The number of Topliss-reactive ketones (excluding diaryl/α,β-unsaturated/α-hetero) is 1. The Balaban J connectivity index is 1.61. The number of carbonyl (C=O) groups is 3. The maximum atomic E-state index is 13.0. The Kier molecular flexibility index (Phi) is 4.19. The SMILES string of the molecule is CC1(c2ccc3ccccc3c2)NC(=O)N(CC(=O)c2ccc(F)cc2)C1=O. The van der Waals surface area contributed by atoms with Gasteiger partial charge in [-0.2, -0.15) is 0 Å². The second-order valence-electron chi connectivity index (χ2n) is 6.94. The van der Waals surface area contributed by atoms with Gasteiger partial charge in [0.25, 0.3) is 5.91 Å². The lowest BCUT2D eigenvalue weighted by molar-refractivity contribution is -0.130. The molecule has 3 aromatic rings. The molecular formula is C22H17FN2O3. The number of nitrogens with one attached hydrogen (secondary N) is 1. The number of ketones is 1. The summed E-state index contributed by atoms with van der Waals surface area (Å²) in [5.74, 6) is -1.40. The van der Waals surface area contributed by atoms with Crippen LogP contribution in [0, 0.1) is 5.82 Å². The Bertz CT molecular complexity index is 1110. The summed E-state index contributed by atoms with van der Waals surface area (Å²) in [7, 11) is 0. The van der Waals surface area contributed by atoms with Crippen LogP contribution < -0.4 is 5.32 Å². The van der Waals surface area contributed by atoms with Crippen LogP contribution in [0.15, 0.2) is 66.7 Å². The molecular weight excluding hydrogens is 359 g/mol. The zero-order chi connectivity index (χ0) is 19.9. The monoisotopic (exact) mass is 376 g/mol. The maximum absolute atomic E-state index is 13.0. The number of rotatable bonds is 4. The van der Waals surface area contributed by atoms with E-state index in [0.29, 0.717) is 5.56 Å². The van der Waals surface area contributed by atoms with Crippen LogP contribution >= 0.6 is 0 Å². The minimum atomic E-state index is -1.26. The Hall–Kier alpha value is -3.54. The third-order valence-corrected chi connectivity index (χ3v) is 5.07. The van der Waals surface area contributed by atoms with E-state index in [1.165, 1.54) is 12.1 Å². The lowest BCUT2D eigenvalue weighted by Gasteiger charge is -2.22. The first-order valence-electron chi connectivity index (χ1n) is 8.81. The molecule has 28 heavy (non-hydrogen) atoms. The molecule has 140 valence electrons. The van der Waals surface area contributed by atoms with E-state index in [1.54, 1.807) is 13.0 Å². The first-order chi connectivity index (χ1) is 13.4. The number of nitrogens with zero attached hydrogens (tertiary/aromatic N) is 1. The summed E-state index contributed by atoms with van der Waals surface area (Å²) >= 11 is 0. The standard InChI is InChI=1S/C22H17FN2O3/c1-22(17-9-6-14-4-2-3-5-16(14)12-17)20(27)25(21(28)24-22)13-19(26)15-7-10-18(23)11-8-15/h2-12H,13H2,1H3,(H,24,28). The second kappa shape index (κ2) is 6.56. The number of carbonyl (C=O) groups excluding carboxylic acids is 3. The van der Waals surface area contributed by atoms with Crippen molar-refractivity contribution >= 4 is 28.5 Å². The third kappa shape index (κ3) is 2.93. The highest BCUT2D eigenvalue weighted by Gasteiger charge is 2.49. The normalized spacial score (nSPS) is 19.1. The summed E-state index contributed by atoms with van der Waals surface area (Å²) in [6.07, 6.45) is 0. The highest BCUT2D eigenvalue weighted by atomic mass is 19.1. The highest BCUT2D eigenvalue weighted by molar-refractivity contribution is 6.11. The van der Waals surface area contributed by atoms with Crippen LogP contribution in [0.3, 0.4) is 0 Å². The number of hydrogen-bond donors (Lipinski definition) is 1. The maximum Gasteiger partial charge on any atom is 0.325 e. The second-order valence-corrected chi connectivity index (χ2v) is 6.94. The molecule has 0 aromatic heterocycles. The van der Waals surface area contributed by atoms with E-state index >= 15 is 0 Å². The van der Waals surface area contributed by atoms with Crippen molar-refractivity contribution in [3.8, 4) is 0 Å². The Morgan fingerprint density at radius 3 is 2.39 bits per heavy atom. The summed E-state index contributed by atoms with van der Waals surface area (Å²) in [5, 5.41) is 4.67. The van der Waals surface area contributed by atoms with Crippen molar-refractivity contribution in [2.75, 3.05) is 6.54 Å². The molecule has 3 aromatic carbocycles. The van der Waals surface area contributed by atoms with Gasteiger partial charge >= 0.3 is 6.03 Å². The molecule has 0 spiro atoms. The van der Waals surface area contributed by atoms with Gasteiger partial charge in [0.15, 0.2) is 5.78 Å².